The van der Waals surface area contributed by atoms with Crippen LogP contribution in [-0.2, 0) is 4.79 Å². The molecule has 1 fully saturated rings. The lowest BCUT2D eigenvalue weighted by molar-refractivity contribution is -0.151. The maximum Gasteiger partial charge on any atom is 0.315 e. The number of carboxylic acid groups (broad SMARTS) is 1. The van der Waals surface area contributed by atoms with Crippen LogP contribution >= 0.6 is 0 Å². The molecule has 0 unspecified atom stereocenters. The molecule has 0 spiro atoms. The zero-order valence-corrected chi connectivity index (χ0v) is 16.2. The van der Waals surface area contributed by atoms with Gasteiger partial charge in [0, 0.05) is 36.2 Å². The number of aryl methyl sites for hydroxylation is 2. The fourth-order valence-corrected chi connectivity index (χ4v) is 4.28. The smallest absolute Gasteiger partial charge is 0.315 e. The summed E-state index contributed by atoms with van der Waals surface area (Å²) in [6.07, 6.45) is 0. The molecule has 0 aliphatic carbocycles. The summed E-state index contributed by atoms with van der Waals surface area (Å²) in [4.78, 5) is 27.1. The van der Waals surface area contributed by atoms with E-state index in [9.17, 15) is 14.7 Å². The summed E-state index contributed by atoms with van der Waals surface area (Å²) in [6.45, 7) is 4.35. The van der Waals surface area contributed by atoms with E-state index in [0.29, 0.717) is 23.6 Å². The summed E-state index contributed by atoms with van der Waals surface area (Å²) in [6, 6.07) is 11.2. The van der Waals surface area contributed by atoms with E-state index in [1.54, 1.807) is 24.1 Å². The summed E-state index contributed by atoms with van der Waals surface area (Å²) in [7, 11) is 1.58. The SMILES string of the molecule is COc1ccc2c(c1)OC[C@]1(C(=O)O)CN(C(=O)c3cc(C)ccc3C)C[C@H]21. The van der Waals surface area contributed by atoms with Gasteiger partial charge in [0.2, 0.25) is 0 Å². The van der Waals surface area contributed by atoms with Crippen molar-refractivity contribution >= 4 is 11.9 Å². The number of fused-ring (bicyclic) bond motifs is 3. The van der Waals surface area contributed by atoms with Crippen molar-refractivity contribution in [1.82, 2.24) is 4.90 Å². The number of aliphatic carboxylic acids is 1. The predicted octanol–water partition coefficient (Wildman–Crippen LogP) is 3.02. The van der Waals surface area contributed by atoms with Gasteiger partial charge in [-0.05, 0) is 31.5 Å². The monoisotopic (exact) mass is 381 g/mol. The lowest BCUT2D eigenvalue weighted by Gasteiger charge is -2.35. The van der Waals surface area contributed by atoms with Gasteiger partial charge in [0.1, 0.15) is 23.5 Å². The molecule has 0 bridgehead atoms. The molecule has 6 nitrogen and oxygen atoms in total. The van der Waals surface area contributed by atoms with Crippen LogP contribution in [0.1, 0.15) is 33.0 Å². The Kier molecular flexibility index (Phi) is 4.29. The lowest BCUT2D eigenvalue weighted by Crippen LogP contribution is -2.46. The van der Waals surface area contributed by atoms with Gasteiger partial charge < -0.3 is 19.5 Å². The average Bonchev–Trinajstić information content (AvgIpc) is 3.10. The second kappa shape index (κ2) is 6.55. The number of hydrogen-bond acceptors (Lipinski definition) is 4. The Hall–Kier alpha value is -3.02. The van der Waals surface area contributed by atoms with E-state index < -0.39 is 11.4 Å². The Morgan fingerprint density at radius 3 is 2.71 bits per heavy atom. The maximum absolute atomic E-state index is 13.2. The summed E-state index contributed by atoms with van der Waals surface area (Å²) < 4.78 is 11.1. The van der Waals surface area contributed by atoms with Gasteiger partial charge in [0.15, 0.2) is 0 Å². The lowest BCUT2D eigenvalue weighted by atomic mass is 9.73. The predicted molar refractivity (Wildman–Crippen MR) is 103 cm³/mol. The molecule has 2 aromatic rings. The Morgan fingerprint density at radius 2 is 2.00 bits per heavy atom. The van der Waals surface area contributed by atoms with Gasteiger partial charge in [-0.25, -0.2) is 0 Å². The molecule has 0 radical (unpaired) electrons. The van der Waals surface area contributed by atoms with Crippen molar-refractivity contribution in [3.8, 4) is 11.5 Å². The van der Waals surface area contributed by atoms with Crippen LogP contribution in [0.4, 0.5) is 0 Å². The van der Waals surface area contributed by atoms with Crippen molar-refractivity contribution in [3.63, 3.8) is 0 Å². The first-order chi connectivity index (χ1) is 13.4. The molecule has 2 aromatic carbocycles. The Bertz CT molecular complexity index is 969. The number of rotatable bonds is 3. The fraction of sp³-hybridized carbons (Fsp3) is 0.364. The van der Waals surface area contributed by atoms with Crippen LogP contribution in [0.25, 0.3) is 0 Å². The van der Waals surface area contributed by atoms with Crippen LogP contribution in [0, 0.1) is 19.3 Å². The second-order valence-corrected chi connectivity index (χ2v) is 7.71. The van der Waals surface area contributed by atoms with Crippen LogP contribution in [0.5, 0.6) is 11.5 Å². The van der Waals surface area contributed by atoms with E-state index in [0.717, 1.165) is 16.7 Å². The van der Waals surface area contributed by atoms with Gasteiger partial charge >= 0.3 is 5.97 Å². The number of benzene rings is 2. The molecule has 1 N–H and O–H groups in total. The van der Waals surface area contributed by atoms with Crippen molar-refractivity contribution in [1.29, 1.82) is 0 Å². The van der Waals surface area contributed by atoms with Gasteiger partial charge in [0.05, 0.1) is 7.11 Å². The first-order valence-corrected chi connectivity index (χ1v) is 9.26. The van der Waals surface area contributed by atoms with Gasteiger partial charge in [-0.2, -0.15) is 0 Å². The van der Waals surface area contributed by atoms with Crippen LogP contribution in [0.15, 0.2) is 36.4 Å². The van der Waals surface area contributed by atoms with Gasteiger partial charge in [-0.3, -0.25) is 9.59 Å². The molecular formula is C22H23NO5. The topological polar surface area (TPSA) is 76.1 Å². The van der Waals surface area contributed by atoms with E-state index in [1.165, 1.54) is 0 Å². The van der Waals surface area contributed by atoms with Crippen molar-refractivity contribution in [2.24, 2.45) is 5.41 Å². The van der Waals surface area contributed by atoms with E-state index in [1.807, 2.05) is 38.1 Å². The van der Waals surface area contributed by atoms with Crippen molar-refractivity contribution in [2.75, 3.05) is 26.8 Å². The second-order valence-electron chi connectivity index (χ2n) is 7.71. The van der Waals surface area contributed by atoms with Crippen LogP contribution in [0.2, 0.25) is 0 Å². The minimum Gasteiger partial charge on any atom is -0.497 e. The molecule has 0 aromatic heterocycles. The molecule has 1 saturated heterocycles. The molecular weight excluding hydrogens is 358 g/mol. The molecule has 1 amide bonds. The van der Waals surface area contributed by atoms with Crippen molar-refractivity contribution in [3.05, 3.63) is 58.7 Å². The first-order valence-electron chi connectivity index (χ1n) is 9.26. The van der Waals surface area contributed by atoms with Gasteiger partial charge in [-0.15, -0.1) is 0 Å². The summed E-state index contributed by atoms with van der Waals surface area (Å²) in [5, 5.41) is 10.1. The largest absolute Gasteiger partial charge is 0.497 e. The first kappa shape index (κ1) is 18.3. The molecule has 2 heterocycles. The molecule has 6 heteroatoms. The van der Waals surface area contributed by atoms with Crippen molar-refractivity contribution < 1.29 is 24.2 Å². The van der Waals surface area contributed by atoms with Crippen LogP contribution in [-0.4, -0.2) is 48.7 Å². The third-order valence-electron chi connectivity index (χ3n) is 5.96. The molecule has 28 heavy (non-hydrogen) atoms. The fourth-order valence-electron chi connectivity index (χ4n) is 4.28. The third kappa shape index (κ3) is 2.71. The molecule has 2 aliphatic rings. The van der Waals surface area contributed by atoms with Gasteiger partial charge in [-0.1, -0.05) is 23.8 Å². The molecule has 4 rings (SSSR count). The number of likely N-dealkylation sites (tertiary alicyclic amines) is 1. The van der Waals surface area contributed by atoms with E-state index in [-0.39, 0.29) is 25.0 Å². The minimum atomic E-state index is -1.14. The maximum atomic E-state index is 13.2. The highest BCUT2D eigenvalue weighted by Gasteiger charge is 2.57. The standard InChI is InChI=1S/C22H23NO5/c1-13-4-5-14(2)17(8-13)20(24)23-10-18-16-7-6-15(27-3)9-19(16)28-12-22(18,11-23)21(25)26/h4-9,18H,10-12H2,1-3H3,(H,25,26)/t18-,22-/m1/s1. The number of methoxy groups -OCH3 is 1. The van der Waals surface area contributed by atoms with Crippen molar-refractivity contribution in [2.45, 2.75) is 19.8 Å². The Morgan fingerprint density at radius 1 is 1.21 bits per heavy atom. The summed E-state index contributed by atoms with van der Waals surface area (Å²) in [5.41, 5.74) is 2.17. The summed E-state index contributed by atoms with van der Waals surface area (Å²) >= 11 is 0. The summed E-state index contributed by atoms with van der Waals surface area (Å²) in [5.74, 6) is -0.111. The highest BCUT2D eigenvalue weighted by molar-refractivity contribution is 5.97. The number of nitrogens with zero attached hydrogens (tertiary/aromatic N) is 1. The zero-order chi connectivity index (χ0) is 20.1. The molecule has 2 aliphatic heterocycles. The Labute approximate surface area is 163 Å². The zero-order valence-electron chi connectivity index (χ0n) is 16.2. The normalized spacial score (nSPS) is 22.8. The quantitative estimate of drug-likeness (QED) is 0.885. The molecule has 2 atom stereocenters. The number of amides is 1. The average molecular weight is 381 g/mol. The molecule has 146 valence electrons. The highest BCUT2D eigenvalue weighted by Crippen LogP contribution is 2.50. The number of carboxylic acids is 1. The van der Waals surface area contributed by atoms with E-state index in [4.69, 9.17) is 9.47 Å². The number of hydrogen-bond donors (Lipinski definition) is 1. The highest BCUT2D eigenvalue weighted by atomic mass is 16.5. The number of carbonyl (C=O) groups excluding carboxylic acids is 1. The minimum absolute atomic E-state index is 0.0315. The number of carbonyl (C=O) groups is 2. The molecule has 0 saturated carbocycles. The third-order valence-corrected chi connectivity index (χ3v) is 5.96. The van der Waals surface area contributed by atoms with E-state index >= 15 is 0 Å². The van der Waals surface area contributed by atoms with E-state index in [2.05, 4.69) is 0 Å². The van der Waals surface area contributed by atoms with Crippen LogP contribution < -0.4 is 9.47 Å². The van der Waals surface area contributed by atoms with Gasteiger partial charge in [0.25, 0.3) is 5.91 Å². The van der Waals surface area contributed by atoms with Crippen LogP contribution in [0.3, 0.4) is 0 Å². The number of ether oxygens (including phenoxy) is 2. The Balaban J connectivity index is 1.72.